The normalized spacial score (nSPS) is 11.9. The van der Waals surface area contributed by atoms with Crippen LogP contribution in [0.25, 0.3) is 11.2 Å². The van der Waals surface area contributed by atoms with Crippen molar-refractivity contribution in [3.63, 3.8) is 0 Å². The monoisotopic (exact) mass is 370 g/mol. The summed E-state index contributed by atoms with van der Waals surface area (Å²) in [6.45, 7) is 2.62. The number of nitrogens with one attached hydrogen (secondary N) is 1. The first-order valence-corrected chi connectivity index (χ1v) is 8.80. The van der Waals surface area contributed by atoms with Gasteiger partial charge in [0.25, 0.3) is 0 Å². The number of aromatic nitrogens is 5. The molecule has 0 saturated carbocycles. The van der Waals surface area contributed by atoms with E-state index in [4.69, 9.17) is 16.0 Å². The lowest BCUT2D eigenvalue weighted by Gasteiger charge is -2.17. The van der Waals surface area contributed by atoms with E-state index in [0.29, 0.717) is 12.4 Å². The van der Waals surface area contributed by atoms with Crippen LogP contribution in [0.5, 0.6) is 0 Å². The first-order chi connectivity index (χ1) is 13.6. The third-order valence-electron chi connectivity index (χ3n) is 4.31. The van der Waals surface area contributed by atoms with Crippen LogP contribution >= 0.6 is 0 Å². The summed E-state index contributed by atoms with van der Waals surface area (Å²) in [4.78, 5) is 17.3. The molecule has 8 heteroatoms. The molecule has 4 rings (SSSR count). The van der Waals surface area contributed by atoms with Gasteiger partial charge >= 0.3 is 0 Å². The molecule has 0 spiro atoms. The van der Waals surface area contributed by atoms with E-state index in [1.54, 1.807) is 12.3 Å². The molecular weight excluding hydrogens is 352 g/mol. The number of rotatable bonds is 5. The van der Waals surface area contributed by atoms with Crippen molar-refractivity contribution in [2.24, 2.45) is 0 Å². The minimum atomic E-state index is -0.196. The van der Waals surface area contributed by atoms with Crippen molar-refractivity contribution in [1.29, 1.82) is 5.26 Å². The van der Waals surface area contributed by atoms with Gasteiger partial charge < -0.3 is 15.6 Å². The Bertz CT molecular complexity index is 1160. The topological polar surface area (TPSA) is 118 Å². The molecule has 0 saturated heterocycles. The summed E-state index contributed by atoms with van der Waals surface area (Å²) in [6, 6.07) is 17.3. The van der Waals surface area contributed by atoms with Crippen LogP contribution in [-0.4, -0.2) is 24.5 Å². The summed E-state index contributed by atoms with van der Waals surface area (Å²) in [5.41, 5.74) is 8.56. The maximum atomic E-state index is 9.06. The van der Waals surface area contributed by atoms with E-state index < -0.39 is 0 Å². The largest absolute Gasteiger partial charge is 0.383 e. The van der Waals surface area contributed by atoms with Gasteiger partial charge in [0.2, 0.25) is 5.82 Å². The second kappa shape index (κ2) is 7.32. The number of fused-ring (bicyclic) bond motifs is 1. The Hall–Kier alpha value is -3.99. The van der Waals surface area contributed by atoms with Crippen LogP contribution in [0, 0.1) is 11.3 Å². The van der Waals surface area contributed by atoms with Crippen LogP contribution in [0.1, 0.15) is 30.2 Å². The fourth-order valence-corrected chi connectivity index (χ4v) is 3.10. The zero-order valence-electron chi connectivity index (χ0n) is 15.2. The van der Waals surface area contributed by atoms with Gasteiger partial charge in [-0.1, -0.05) is 30.3 Å². The summed E-state index contributed by atoms with van der Waals surface area (Å²) in [6.07, 6.45) is 1.76. The SMILES string of the molecule is C[C@H](Nc1cc(N)nc(C#N)n1)c1nc2cccnc2n1Cc1ccccc1. The maximum absolute atomic E-state index is 9.06. The van der Waals surface area contributed by atoms with Gasteiger partial charge in [-0.25, -0.2) is 19.9 Å². The molecule has 1 aromatic carbocycles. The highest BCUT2D eigenvalue weighted by Crippen LogP contribution is 2.23. The van der Waals surface area contributed by atoms with Gasteiger partial charge in [0, 0.05) is 12.3 Å². The summed E-state index contributed by atoms with van der Waals surface area (Å²) >= 11 is 0. The van der Waals surface area contributed by atoms with Crippen molar-refractivity contribution >= 4 is 22.8 Å². The second-order valence-corrected chi connectivity index (χ2v) is 6.37. The van der Waals surface area contributed by atoms with Crippen LogP contribution in [0.4, 0.5) is 11.6 Å². The molecule has 4 aromatic rings. The summed E-state index contributed by atoms with van der Waals surface area (Å²) in [5.74, 6) is 1.55. The molecule has 0 unspecified atom stereocenters. The smallest absolute Gasteiger partial charge is 0.236 e. The molecule has 1 atom stereocenters. The van der Waals surface area contributed by atoms with Crippen molar-refractivity contribution in [1.82, 2.24) is 24.5 Å². The van der Waals surface area contributed by atoms with Crippen molar-refractivity contribution in [3.05, 3.63) is 71.9 Å². The van der Waals surface area contributed by atoms with E-state index in [0.717, 1.165) is 22.6 Å². The predicted octanol–water partition coefficient (Wildman–Crippen LogP) is 2.90. The summed E-state index contributed by atoms with van der Waals surface area (Å²) in [7, 11) is 0. The highest BCUT2D eigenvalue weighted by Gasteiger charge is 2.18. The molecule has 0 aliphatic heterocycles. The molecule has 8 nitrogen and oxygen atoms in total. The molecule has 0 bridgehead atoms. The van der Waals surface area contributed by atoms with Crippen LogP contribution in [0.15, 0.2) is 54.7 Å². The Morgan fingerprint density at radius 1 is 1.14 bits per heavy atom. The van der Waals surface area contributed by atoms with E-state index in [1.807, 2.05) is 43.3 Å². The molecular formula is C20H18N8. The quantitative estimate of drug-likeness (QED) is 0.554. The van der Waals surface area contributed by atoms with Gasteiger partial charge in [-0.05, 0) is 24.6 Å². The first kappa shape index (κ1) is 17.4. The van der Waals surface area contributed by atoms with Crippen molar-refractivity contribution in [2.75, 3.05) is 11.1 Å². The van der Waals surface area contributed by atoms with Crippen molar-refractivity contribution in [2.45, 2.75) is 19.5 Å². The Morgan fingerprint density at radius 2 is 1.96 bits per heavy atom. The molecule has 0 radical (unpaired) electrons. The number of hydrogen-bond donors (Lipinski definition) is 2. The number of benzene rings is 1. The van der Waals surface area contributed by atoms with Gasteiger partial charge in [-0.2, -0.15) is 5.26 Å². The lowest BCUT2D eigenvalue weighted by molar-refractivity contribution is 0.685. The average Bonchev–Trinajstić information content (AvgIpc) is 3.07. The molecule has 0 aliphatic rings. The fraction of sp³-hybridized carbons (Fsp3) is 0.150. The Labute approximate surface area is 161 Å². The minimum absolute atomic E-state index is 0.0224. The third kappa shape index (κ3) is 3.46. The molecule has 3 aromatic heterocycles. The molecule has 3 heterocycles. The summed E-state index contributed by atoms with van der Waals surface area (Å²) in [5, 5.41) is 12.3. The van der Waals surface area contributed by atoms with E-state index >= 15 is 0 Å². The number of nitrogens with zero attached hydrogens (tertiary/aromatic N) is 6. The van der Waals surface area contributed by atoms with Crippen LogP contribution < -0.4 is 11.1 Å². The van der Waals surface area contributed by atoms with Gasteiger partial charge in [0.05, 0.1) is 12.6 Å². The third-order valence-corrected chi connectivity index (χ3v) is 4.31. The van der Waals surface area contributed by atoms with Gasteiger partial charge in [0.15, 0.2) is 5.65 Å². The maximum Gasteiger partial charge on any atom is 0.236 e. The Kier molecular flexibility index (Phi) is 4.56. The van der Waals surface area contributed by atoms with Gasteiger partial charge in [-0.15, -0.1) is 0 Å². The molecule has 0 aliphatic carbocycles. The van der Waals surface area contributed by atoms with Crippen molar-refractivity contribution < 1.29 is 0 Å². The number of hydrogen-bond acceptors (Lipinski definition) is 7. The Morgan fingerprint density at radius 3 is 2.75 bits per heavy atom. The number of nitrogens with two attached hydrogens (primary N) is 1. The lowest BCUT2D eigenvalue weighted by Crippen LogP contribution is -2.16. The molecule has 0 amide bonds. The second-order valence-electron chi connectivity index (χ2n) is 6.37. The van der Waals surface area contributed by atoms with Crippen LogP contribution in [0.2, 0.25) is 0 Å². The van der Waals surface area contributed by atoms with Crippen molar-refractivity contribution in [3.8, 4) is 6.07 Å². The number of nitriles is 1. The van der Waals surface area contributed by atoms with Gasteiger partial charge in [-0.3, -0.25) is 0 Å². The molecule has 0 fully saturated rings. The number of imidazole rings is 1. The lowest BCUT2D eigenvalue weighted by atomic mass is 10.2. The van der Waals surface area contributed by atoms with E-state index in [-0.39, 0.29) is 17.7 Å². The molecule has 3 N–H and O–H groups in total. The highest BCUT2D eigenvalue weighted by molar-refractivity contribution is 5.71. The number of pyridine rings is 1. The number of nitrogen functional groups attached to an aromatic ring is 1. The zero-order chi connectivity index (χ0) is 19.5. The molecule has 138 valence electrons. The number of anilines is 2. The standard InChI is InChI=1S/C20H18N8/c1-13(24-17-10-16(22)26-18(11-21)27-17)19-25-15-8-5-9-23-20(15)28(19)12-14-6-3-2-4-7-14/h2-10,13H,12H2,1H3,(H3,22,24,26,27)/t13-/m0/s1. The summed E-state index contributed by atoms with van der Waals surface area (Å²) < 4.78 is 2.08. The average molecular weight is 370 g/mol. The fourth-order valence-electron chi connectivity index (χ4n) is 3.10. The van der Waals surface area contributed by atoms with Crippen LogP contribution in [-0.2, 0) is 6.54 Å². The van der Waals surface area contributed by atoms with E-state index in [1.165, 1.54) is 0 Å². The highest BCUT2D eigenvalue weighted by atomic mass is 15.2. The predicted molar refractivity (Wildman–Crippen MR) is 106 cm³/mol. The van der Waals surface area contributed by atoms with Crippen LogP contribution in [0.3, 0.4) is 0 Å². The van der Waals surface area contributed by atoms with Gasteiger partial charge in [0.1, 0.15) is 29.0 Å². The minimum Gasteiger partial charge on any atom is -0.383 e. The first-order valence-electron chi connectivity index (χ1n) is 8.80. The van der Waals surface area contributed by atoms with E-state index in [9.17, 15) is 0 Å². The van der Waals surface area contributed by atoms with E-state index in [2.05, 4.69) is 37.0 Å². The zero-order valence-corrected chi connectivity index (χ0v) is 15.2. The molecule has 28 heavy (non-hydrogen) atoms. The Balaban J connectivity index is 1.72.